The van der Waals surface area contributed by atoms with Crippen molar-refractivity contribution < 1.29 is 4.42 Å². The highest BCUT2D eigenvalue weighted by Crippen LogP contribution is 2.48. The van der Waals surface area contributed by atoms with E-state index in [4.69, 9.17) is 19.4 Å². The number of rotatable bonds is 6. The fraction of sp³-hybridized carbons (Fsp3) is 0. The van der Waals surface area contributed by atoms with E-state index in [0.29, 0.717) is 17.5 Å². The maximum Gasteiger partial charge on any atom is 0.164 e. The molecular weight excluding hydrogens is 703 g/mol. The lowest BCUT2D eigenvalue weighted by molar-refractivity contribution is 0.670. The Hall–Kier alpha value is -7.21. The number of furan rings is 1. The molecule has 56 heavy (non-hydrogen) atoms. The molecule has 0 aliphatic rings. The van der Waals surface area contributed by atoms with Gasteiger partial charge in [0.2, 0.25) is 0 Å². The van der Waals surface area contributed by atoms with E-state index >= 15 is 0 Å². The van der Waals surface area contributed by atoms with E-state index in [1.165, 1.54) is 42.4 Å². The van der Waals surface area contributed by atoms with Gasteiger partial charge in [-0.25, -0.2) is 15.0 Å². The SMILES string of the molecule is c1ccc(-c2ccc(-c3nc(-c4ccccc4)nc(-c4ccc5c(c4)oc4c(-c6c(-c7ccccc7)ccc7sc8ccccc8c67)cccc45)n3)cc2)cc1. The lowest BCUT2D eigenvalue weighted by Crippen LogP contribution is -2.00. The Bertz CT molecular complexity index is 3230. The summed E-state index contributed by atoms with van der Waals surface area (Å²) in [7, 11) is 0. The molecule has 0 aliphatic heterocycles. The summed E-state index contributed by atoms with van der Waals surface area (Å²) in [5.74, 6) is 1.82. The van der Waals surface area contributed by atoms with Crippen LogP contribution in [0.15, 0.2) is 192 Å². The van der Waals surface area contributed by atoms with Crippen LogP contribution in [0, 0.1) is 0 Å². The molecule has 0 saturated heterocycles. The molecule has 0 spiro atoms. The zero-order valence-electron chi connectivity index (χ0n) is 30.1. The molecule has 0 saturated carbocycles. The number of nitrogens with zero attached hydrogens (tertiary/aromatic N) is 3. The molecule has 0 amide bonds. The van der Waals surface area contributed by atoms with E-state index in [1.54, 1.807) is 0 Å². The van der Waals surface area contributed by atoms with Crippen molar-refractivity contribution in [2.45, 2.75) is 0 Å². The van der Waals surface area contributed by atoms with Crippen LogP contribution in [0.2, 0.25) is 0 Å². The molecule has 3 heterocycles. The van der Waals surface area contributed by atoms with Gasteiger partial charge in [-0.2, -0.15) is 0 Å². The fourth-order valence-electron chi connectivity index (χ4n) is 7.88. The first-order valence-corrected chi connectivity index (χ1v) is 19.5. The fourth-order valence-corrected chi connectivity index (χ4v) is 9.00. The Morgan fingerprint density at radius 2 is 0.911 bits per heavy atom. The smallest absolute Gasteiger partial charge is 0.164 e. The first-order chi connectivity index (χ1) is 27.7. The number of para-hydroxylation sites is 1. The summed E-state index contributed by atoms with van der Waals surface area (Å²) >= 11 is 1.83. The number of hydrogen-bond acceptors (Lipinski definition) is 5. The molecule has 4 nitrogen and oxygen atoms in total. The lowest BCUT2D eigenvalue weighted by Gasteiger charge is -2.13. The molecular formula is C51H31N3OS. The predicted molar refractivity (Wildman–Crippen MR) is 233 cm³/mol. The summed E-state index contributed by atoms with van der Waals surface area (Å²) in [6.45, 7) is 0. The van der Waals surface area contributed by atoms with Gasteiger partial charge < -0.3 is 4.42 Å². The summed E-state index contributed by atoms with van der Waals surface area (Å²) in [5, 5.41) is 4.62. The molecule has 0 fully saturated rings. The first kappa shape index (κ1) is 32.2. The zero-order valence-corrected chi connectivity index (χ0v) is 30.9. The molecule has 0 unspecified atom stereocenters. The summed E-state index contributed by atoms with van der Waals surface area (Å²) in [6.07, 6.45) is 0. The van der Waals surface area contributed by atoms with E-state index in [0.717, 1.165) is 49.8 Å². The van der Waals surface area contributed by atoms with Gasteiger partial charge in [-0.15, -0.1) is 11.3 Å². The van der Waals surface area contributed by atoms with Gasteiger partial charge in [0.25, 0.3) is 0 Å². The van der Waals surface area contributed by atoms with Crippen LogP contribution in [-0.2, 0) is 0 Å². The topological polar surface area (TPSA) is 51.8 Å². The molecule has 0 atom stereocenters. The molecule has 0 N–H and O–H groups in total. The van der Waals surface area contributed by atoms with Crippen molar-refractivity contribution in [1.82, 2.24) is 15.0 Å². The van der Waals surface area contributed by atoms with Crippen LogP contribution in [0.3, 0.4) is 0 Å². The predicted octanol–water partition coefficient (Wildman–Crippen LogP) is 14.1. The van der Waals surface area contributed by atoms with Crippen molar-refractivity contribution in [3.8, 4) is 67.5 Å². The molecule has 5 heteroatoms. The Morgan fingerprint density at radius 3 is 1.64 bits per heavy atom. The van der Waals surface area contributed by atoms with E-state index in [1.807, 2.05) is 47.7 Å². The zero-order chi connectivity index (χ0) is 37.0. The Kier molecular flexibility index (Phi) is 7.64. The summed E-state index contributed by atoms with van der Waals surface area (Å²) in [4.78, 5) is 15.1. The largest absolute Gasteiger partial charge is 0.455 e. The molecule has 11 rings (SSSR count). The van der Waals surface area contributed by atoms with Gasteiger partial charge in [-0.1, -0.05) is 164 Å². The second kappa shape index (κ2) is 13.3. The molecule has 11 aromatic rings. The van der Waals surface area contributed by atoms with Crippen LogP contribution in [0.1, 0.15) is 0 Å². The van der Waals surface area contributed by atoms with Gasteiger partial charge in [0.05, 0.1) is 0 Å². The molecule has 0 aliphatic carbocycles. The third-order valence-electron chi connectivity index (χ3n) is 10.6. The van der Waals surface area contributed by atoms with Crippen LogP contribution < -0.4 is 0 Å². The van der Waals surface area contributed by atoms with Crippen LogP contribution in [-0.4, -0.2) is 15.0 Å². The maximum atomic E-state index is 6.95. The van der Waals surface area contributed by atoms with Crippen molar-refractivity contribution in [3.05, 3.63) is 188 Å². The standard InChI is InChI=1S/C51H31N3OS/c1-4-13-32(14-5-1)33-23-25-36(26-24-33)50-52-49(35-17-8-3-9-18-35)53-51(54-50)37-27-28-39-40-20-12-21-42(48(40)55-43(39)31-37)46-38(34-15-6-2-7-16-34)29-30-45-47(46)41-19-10-11-22-44(41)56-45/h1-31H. The van der Waals surface area contributed by atoms with Gasteiger partial charge in [0.1, 0.15) is 11.2 Å². The van der Waals surface area contributed by atoms with Crippen molar-refractivity contribution >= 4 is 53.4 Å². The average Bonchev–Trinajstić information content (AvgIpc) is 3.85. The van der Waals surface area contributed by atoms with Crippen LogP contribution in [0.4, 0.5) is 0 Å². The van der Waals surface area contributed by atoms with Crippen molar-refractivity contribution in [3.63, 3.8) is 0 Å². The second-order valence-electron chi connectivity index (χ2n) is 13.9. The number of hydrogen-bond donors (Lipinski definition) is 0. The van der Waals surface area contributed by atoms with Crippen LogP contribution in [0.5, 0.6) is 0 Å². The highest BCUT2D eigenvalue weighted by Gasteiger charge is 2.21. The summed E-state index contributed by atoms with van der Waals surface area (Å²) in [6, 6.07) is 65.6. The Balaban J connectivity index is 1.08. The highest BCUT2D eigenvalue weighted by molar-refractivity contribution is 7.26. The number of thiophene rings is 1. The quantitative estimate of drug-likeness (QED) is 0.171. The first-order valence-electron chi connectivity index (χ1n) is 18.7. The van der Waals surface area contributed by atoms with Crippen LogP contribution >= 0.6 is 11.3 Å². The Morgan fingerprint density at radius 1 is 0.357 bits per heavy atom. The van der Waals surface area contributed by atoms with Gasteiger partial charge in [0.15, 0.2) is 17.5 Å². The third-order valence-corrected chi connectivity index (χ3v) is 11.7. The highest BCUT2D eigenvalue weighted by atomic mass is 32.1. The van der Waals surface area contributed by atoms with Gasteiger partial charge >= 0.3 is 0 Å². The third kappa shape index (κ3) is 5.48. The molecule has 3 aromatic heterocycles. The van der Waals surface area contributed by atoms with Gasteiger partial charge in [-0.3, -0.25) is 0 Å². The Labute approximate surface area is 327 Å². The van der Waals surface area contributed by atoms with E-state index in [-0.39, 0.29) is 0 Å². The van der Waals surface area contributed by atoms with Crippen molar-refractivity contribution in [2.75, 3.05) is 0 Å². The molecule has 0 radical (unpaired) electrons. The van der Waals surface area contributed by atoms with Gasteiger partial charge in [0, 0.05) is 58.8 Å². The summed E-state index contributed by atoms with van der Waals surface area (Å²) < 4.78 is 9.47. The number of aromatic nitrogens is 3. The minimum atomic E-state index is 0.587. The second-order valence-corrected chi connectivity index (χ2v) is 15.0. The average molecular weight is 734 g/mol. The van der Waals surface area contributed by atoms with E-state index in [2.05, 4.69) is 152 Å². The number of fused-ring (bicyclic) bond motifs is 6. The molecule has 0 bridgehead atoms. The van der Waals surface area contributed by atoms with E-state index in [9.17, 15) is 0 Å². The summed E-state index contributed by atoms with van der Waals surface area (Å²) in [5.41, 5.74) is 11.3. The number of benzene rings is 8. The minimum absolute atomic E-state index is 0.587. The van der Waals surface area contributed by atoms with Crippen LogP contribution in [0.25, 0.3) is 110 Å². The van der Waals surface area contributed by atoms with E-state index < -0.39 is 0 Å². The molecule has 8 aromatic carbocycles. The lowest BCUT2D eigenvalue weighted by atomic mass is 9.90. The maximum absolute atomic E-state index is 6.95. The van der Waals surface area contributed by atoms with Crippen molar-refractivity contribution in [2.24, 2.45) is 0 Å². The normalized spacial score (nSPS) is 11.6. The van der Waals surface area contributed by atoms with Gasteiger partial charge in [-0.05, 0) is 46.5 Å². The monoisotopic (exact) mass is 733 g/mol. The van der Waals surface area contributed by atoms with Crippen molar-refractivity contribution in [1.29, 1.82) is 0 Å². The minimum Gasteiger partial charge on any atom is -0.455 e. The molecule has 262 valence electrons.